The molecule has 20 heavy (non-hydrogen) atoms. The fourth-order valence-electron chi connectivity index (χ4n) is 2.65. The number of hydrogen-bond acceptors (Lipinski definition) is 2. The Kier molecular flexibility index (Phi) is 3.18. The van der Waals surface area contributed by atoms with Gasteiger partial charge in [0.1, 0.15) is 6.29 Å². The molecule has 0 spiro atoms. The lowest BCUT2D eigenvalue weighted by molar-refractivity contribution is -0.108. The van der Waals surface area contributed by atoms with E-state index in [0.29, 0.717) is 5.56 Å². The molecular weight excluding hydrogens is 318 g/mol. The van der Waals surface area contributed by atoms with Crippen molar-refractivity contribution in [2.24, 2.45) is 0 Å². The molecule has 4 heteroatoms. The van der Waals surface area contributed by atoms with E-state index in [1.807, 2.05) is 36.4 Å². The maximum Gasteiger partial charge on any atom is 0.258 e. The molecule has 0 N–H and O–H groups in total. The third kappa shape index (κ3) is 1.88. The third-order valence-electron chi connectivity index (χ3n) is 3.65. The highest BCUT2D eigenvalue weighted by Crippen LogP contribution is 2.38. The molecule has 1 atom stereocenters. The van der Waals surface area contributed by atoms with Crippen LogP contribution in [0.2, 0.25) is 0 Å². The summed E-state index contributed by atoms with van der Waals surface area (Å²) in [4.78, 5) is 25.8. The predicted molar refractivity (Wildman–Crippen MR) is 81.2 cm³/mol. The lowest BCUT2D eigenvalue weighted by Crippen LogP contribution is -2.26. The van der Waals surface area contributed by atoms with Crippen molar-refractivity contribution in [3.8, 4) is 0 Å². The molecule has 0 bridgehead atoms. The second-order valence-corrected chi connectivity index (χ2v) is 5.68. The molecule has 0 radical (unpaired) electrons. The Morgan fingerprint density at radius 2 is 1.90 bits per heavy atom. The molecule has 0 saturated carbocycles. The summed E-state index contributed by atoms with van der Waals surface area (Å²) in [6.45, 7) is 0. The summed E-state index contributed by atoms with van der Waals surface area (Å²) < 4.78 is 0.892. The monoisotopic (exact) mass is 329 g/mol. The van der Waals surface area contributed by atoms with Crippen LogP contribution in [0, 0.1) is 0 Å². The summed E-state index contributed by atoms with van der Waals surface area (Å²) in [5.74, 6) is -0.513. The summed E-state index contributed by atoms with van der Waals surface area (Å²) in [6, 6.07) is 12.9. The first-order valence-electron chi connectivity index (χ1n) is 6.25. The minimum atomic E-state index is -0.424. The lowest BCUT2D eigenvalue weighted by Gasteiger charge is -2.18. The Bertz CT molecular complexity index is 711. The Labute approximate surface area is 125 Å². The molecule has 1 amide bonds. The van der Waals surface area contributed by atoms with Crippen LogP contribution in [0.25, 0.3) is 0 Å². The van der Waals surface area contributed by atoms with Crippen LogP contribution >= 0.6 is 15.9 Å². The Morgan fingerprint density at radius 1 is 1.15 bits per heavy atom. The summed E-state index contributed by atoms with van der Waals surface area (Å²) in [7, 11) is 1.74. The van der Waals surface area contributed by atoms with Gasteiger partial charge in [0.15, 0.2) is 0 Å². The van der Waals surface area contributed by atoms with Crippen LogP contribution in [0.4, 0.5) is 5.69 Å². The van der Waals surface area contributed by atoms with Crippen LogP contribution in [0.5, 0.6) is 0 Å². The third-order valence-corrected chi connectivity index (χ3v) is 4.15. The highest BCUT2D eigenvalue weighted by atomic mass is 79.9. The largest absolute Gasteiger partial charge is 0.311 e. The quantitative estimate of drug-likeness (QED) is 0.752. The van der Waals surface area contributed by atoms with E-state index in [2.05, 4.69) is 15.9 Å². The molecule has 3 nitrogen and oxygen atoms in total. The van der Waals surface area contributed by atoms with Crippen molar-refractivity contribution in [3.63, 3.8) is 0 Å². The van der Waals surface area contributed by atoms with Crippen molar-refractivity contribution < 1.29 is 9.59 Å². The Morgan fingerprint density at radius 3 is 2.65 bits per heavy atom. The van der Waals surface area contributed by atoms with Gasteiger partial charge in [0.25, 0.3) is 5.91 Å². The highest BCUT2D eigenvalue weighted by Gasteiger charge is 2.30. The van der Waals surface area contributed by atoms with Crippen molar-refractivity contribution in [1.82, 2.24) is 0 Å². The van der Waals surface area contributed by atoms with Crippen molar-refractivity contribution in [2.45, 2.75) is 5.92 Å². The maximum atomic E-state index is 12.5. The lowest BCUT2D eigenvalue weighted by atomic mass is 9.89. The fourth-order valence-corrected chi connectivity index (χ4v) is 3.03. The first kappa shape index (κ1) is 13.1. The van der Waals surface area contributed by atoms with Crippen LogP contribution in [-0.4, -0.2) is 19.2 Å². The first-order valence-corrected chi connectivity index (χ1v) is 7.04. The average Bonchev–Trinajstić information content (AvgIpc) is 2.55. The van der Waals surface area contributed by atoms with Gasteiger partial charge in [0, 0.05) is 22.8 Å². The zero-order chi connectivity index (χ0) is 14.3. The summed E-state index contributed by atoms with van der Waals surface area (Å²) in [5, 5.41) is 0. The maximum absolute atomic E-state index is 12.5. The molecule has 1 heterocycles. The molecule has 1 aliphatic heterocycles. The number of hydrogen-bond donors (Lipinski definition) is 0. The molecule has 2 aromatic carbocycles. The number of anilines is 1. The van der Waals surface area contributed by atoms with Crippen molar-refractivity contribution in [3.05, 3.63) is 63.6 Å². The van der Waals surface area contributed by atoms with Crippen LogP contribution in [0.15, 0.2) is 46.9 Å². The van der Waals surface area contributed by atoms with Crippen molar-refractivity contribution >= 4 is 33.8 Å². The summed E-state index contributed by atoms with van der Waals surface area (Å²) in [5.41, 5.74) is 2.96. The zero-order valence-corrected chi connectivity index (χ0v) is 12.4. The molecule has 1 aliphatic rings. The Hall–Kier alpha value is -1.94. The number of carbonyl (C=O) groups excluding carboxylic acids is 2. The molecule has 100 valence electrons. The highest BCUT2D eigenvalue weighted by molar-refractivity contribution is 9.10. The van der Waals surface area contributed by atoms with Gasteiger partial charge in [0.2, 0.25) is 0 Å². The van der Waals surface area contributed by atoms with Crippen molar-refractivity contribution in [1.29, 1.82) is 0 Å². The Balaban J connectivity index is 2.35. The molecule has 0 aromatic heterocycles. The van der Waals surface area contributed by atoms with Gasteiger partial charge in [-0.1, -0.05) is 34.1 Å². The minimum Gasteiger partial charge on any atom is -0.311 e. The van der Waals surface area contributed by atoms with Crippen LogP contribution in [0.3, 0.4) is 0 Å². The molecule has 1 unspecified atom stereocenters. The normalized spacial score (nSPS) is 17.2. The SMILES string of the molecule is CN1C(=O)c2ccccc2C(C=O)c2cc(Br)ccc21. The van der Waals surface area contributed by atoms with E-state index in [1.165, 1.54) is 0 Å². The smallest absolute Gasteiger partial charge is 0.258 e. The minimum absolute atomic E-state index is 0.0893. The van der Waals surface area contributed by atoms with Gasteiger partial charge in [-0.15, -0.1) is 0 Å². The van der Waals surface area contributed by atoms with E-state index < -0.39 is 5.92 Å². The number of amides is 1. The van der Waals surface area contributed by atoms with Gasteiger partial charge in [-0.3, -0.25) is 4.79 Å². The van der Waals surface area contributed by atoms with Crippen LogP contribution in [0.1, 0.15) is 27.4 Å². The van der Waals surface area contributed by atoms with E-state index in [1.54, 1.807) is 18.0 Å². The van der Waals surface area contributed by atoms with E-state index in [4.69, 9.17) is 0 Å². The second-order valence-electron chi connectivity index (χ2n) is 4.77. The zero-order valence-electron chi connectivity index (χ0n) is 10.8. The fraction of sp³-hybridized carbons (Fsp3) is 0.125. The van der Waals surface area contributed by atoms with E-state index in [0.717, 1.165) is 27.6 Å². The number of nitrogens with zero attached hydrogens (tertiary/aromatic N) is 1. The summed E-state index contributed by atoms with van der Waals surface area (Å²) in [6.07, 6.45) is 0.899. The molecule has 0 saturated heterocycles. The van der Waals surface area contributed by atoms with Gasteiger partial charge >= 0.3 is 0 Å². The van der Waals surface area contributed by atoms with Gasteiger partial charge in [-0.2, -0.15) is 0 Å². The molecular formula is C16H12BrNO2. The van der Waals surface area contributed by atoms with Gasteiger partial charge in [-0.25, -0.2) is 0 Å². The van der Waals surface area contributed by atoms with Crippen molar-refractivity contribution in [2.75, 3.05) is 11.9 Å². The van der Waals surface area contributed by atoms with E-state index in [-0.39, 0.29) is 5.91 Å². The number of carbonyl (C=O) groups is 2. The number of halogens is 1. The number of aldehydes is 1. The van der Waals surface area contributed by atoms with E-state index >= 15 is 0 Å². The molecule has 2 aromatic rings. The van der Waals surface area contributed by atoms with Crippen LogP contribution < -0.4 is 4.90 Å². The van der Waals surface area contributed by atoms with E-state index in [9.17, 15) is 9.59 Å². The predicted octanol–water partition coefficient (Wildman–Crippen LogP) is 3.37. The van der Waals surface area contributed by atoms with Gasteiger partial charge in [-0.05, 0) is 35.4 Å². The number of rotatable bonds is 1. The van der Waals surface area contributed by atoms with Gasteiger partial charge in [0.05, 0.1) is 5.92 Å². The topological polar surface area (TPSA) is 37.4 Å². The first-order chi connectivity index (χ1) is 9.63. The molecule has 3 rings (SSSR count). The standard InChI is InChI=1S/C16H12BrNO2/c1-18-15-7-6-10(17)8-13(15)14(9-19)11-4-2-3-5-12(11)16(18)20/h2-9,14H,1H3. The number of benzene rings is 2. The number of fused-ring (bicyclic) bond motifs is 2. The second kappa shape index (κ2) is 4.87. The van der Waals surface area contributed by atoms with Crippen LogP contribution in [-0.2, 0) is 4.79 Å². The van der Waals surface area contributed by atoms with Gasteiger partial charge < -0.3 is 9.69 Å². The summed E-state index contributed by atoms with van der Waals surface area (Å²) >= 11 is 3.43. The average molecular weight is 330 g/mol. The molecule has 0 fully saturated rings. The molecule has 0 aliphatic carbocycles.